The Labute approximate surface area is 130 Å². The average molecular weight is 354 g/mol. The van der Waals surface area contributed by atoms with Gasteiger partial charge in [-0.25, -0.2) is 4.39 Å². The van der Waals surface area contributed by atoms with Gasteiger partial charge in [-0.1, -0.05) is 0 Å². The molecule has 0 bridgehead atoms. The van der Waals surface area contributed by atoms with Crippen LogP contribution in [0.5, 0.6) is 11.5 Å². The Morgan fingerprint density at radius 3 is 2.57 bits per heavy atom. The maximum Gasteiger partial charge on any atom is 0.262 e. The van der Waals surface area contributed by atoms with Gasteiger partial charge in [0.2, 0.25) is 0 Å². The van der Waals surface area contributed by atoms with E-state index in [1.165, 1.54) is 18.2 Å². The molecule has 0 spiro atoms. The van der Waals surface area contributed by atoms with E-state index in [1.807, 2.05) is 0 Å². The van der Waals surface area contributed by atoms with Crippen LogP contribution in [0.15, 0.2) is 46.9 Å². The molecule has 6 heteroatoms. The first-order valence-electron chi connectivity index (χ1n) is 6.10. The third kappa shape index (κ3) is 4.46. The number of anilines is 1. The SMILES string of the molecule is COc1ccc(NC(=O)COc2ccc(F)cc2Br)cc1. The van der Waals surface area contributed by atoms with Gasteiger partial charge in [-0.05, 0) is 58.4 Å². The van der Waals surface area contributed by atoms with Crippen molar-refractivity contribution in [1.29, 1.82) is 0 Å². The van der Waals surface area contributed by atoms with E-state index in [-0.39, 0.29) is 18.3 Å². The first-order chi connectivity index (χ1) is 10.1. The van der Waals surface area contributed by atoms with Gasteiger partial charge in [0, 0.05) is 5.69 Å². The average Bonchev–Trinajstić information content (AvgIpc) is 2.47. The summed E-state index contributed by atoms with van der Waals surface area (Å²) in [5.74, 6) is 0.425. The summed E-state index contributed by atoms with van der Waals surface area (Å²) in [6, 6.07) is 10.9. The molecule has 0 radical (unpaired) electrons. The highest BCUT2D eigenvalue weighted by atomic mass is 79.9. The fourth-order valence-corrected chi connectivity index (χ4v) is 2.07. The second-order valence-electron chi connectivity index (χ2n) is 4.14. The van der Waals surface area contributed by atoms with Gasteiger partial charge in [0.25, 0.3) is 5.91 Å². The zero-order valence-electron chi connectivity index (χ0n) is 11.2. The number of methoxy groups -OCH3 is 1. The summed E-state index contributed by atoms with van der Waals surface area (Å²) in [5.41, 5.74) is 0.641. The van der Waals surface area contributed by atoms with E-state index in [2.05, 4.69) is 21.2 Å². The molecule has 0 aliphatic heterocycles. The molecule has 21 heavy (non-hydrogen) atoms. The third-order valence-corrected chi connectivity index (χ3v) is 3.25. The van der Waals surface area contributed by atoms with E-state index in [0.717, 1.165) is 0 Å². The van der Waals surface area contributed by atoms with Gasteiger partial charge < -0.3 is 14.8 Å². The van der Waals surface area contributed by atoms with Crippen molar-refractivity contribution in [3.8, 4) is 11.5 Å². The molecule has 0 saturated heterocycles. The summed E-state index contributed by atoms with van der Waals surface area (Å²) < 4.78 is 23.7. The van der Waals surface area contributed by atoms with E-state index in [4.69, 9.17) is 9.47 Å². The van der Waals surface area contributed by atoms with Gasteiger partial charge >= 0.3 is 0 Å². The van der Waals surface area contributed by atoms with Crippen LogP contribution in [0.1, 0.15) is 0 Å². The van der Waals surface area contributed by atoms with Crippen molar-refractivity contribution in [2.75, 3.05) is 19.0 Å². The summed E-state index contributed by atoms with van der Waals surface area (Å²) in [4.78, 5) is 11.8. The zero-order valence-corrected chi connectivity index (χ0v) is 12.8. The van der Waals surface area contributed by atoms with Gasteiger partial charge in [0.15, 0.2) is 6.61 Å². The van der Waals surface area contributed by atoms with Gasteiger partial charge in [-0.15, -0.1) is 0 Å². The minimum Gasteiger partial charge on any atom is -0.497 e. The van der Waals surface area contributed by atoms with Crippen molar-refractivity contribution in [3.63, 3.8) is 0 Å². The number of benzene rings is 2. The lowest BCUT2D eigenvalue weighted by Crippen LogP contribution is -2.20. The molecule has 1 amide bonds. The molecular formula is C15H13BrFNO3. The molecule has 0 heterocycles. The van der Waals surface area contributed by atoms with Crippen LogP contribution in [0.4, 0.5) is 10.1 Å². The number of carbonyl (C=O) groups excluding carboxylic acids is 1. The summed E-state index contributed by atoms with van der Waals surface area (Å²) in [6.07, 6.45) is 0. The molecular weight excluding hydrogens is 341 g/mol. The topological polar surface area (TPSA) is 47.6 Å². The van der Waals surface area contributed by atoms with Crippen LogP contribution >= 0.6 is 15.9 Å². The molecule has 2 rings (SSSR count). The molecule has 1 N–H and O–H groups in total. The van der Waals surface area contributed by atoms with Crippen LogP contribution in [0, 0.1) is 5.82 Å². The minimum atomic E-state index is -0.378. The van der Waals surface area contributed by atoms with Crippen molar-refractivity contribution < 1.29 is 18.7 Å². The van der Waals surface area contributed by atoms with Gasteiger partial charge in [-0.2, -0.15) is 0 Å². The fraction of sp³-hybridized carbons (Fsp3) is 0.133. The van der Waals surface area contributed by atoms with Crippen LogP contribution in [0.3, 0.4) is 0 Å². The highest BCUT2D eigenvalue weighted by molar-refractivity contribution is 9.10. The second kappa shape index (κ2) is 7.08. The van der Waals surface area contributed by atoms with E-state index in [9.17, 15) is 9.18 Å². The third-order valence-electron chi connectivity index (χ3n) is 2.63. The maximum absolute atomic E-state index is 12.9. The molecule has 2 aromatic carbocycles. The van der Waals surface area contributed by atoms with Gasteiger partial charge in [-0.3, -0.25) is 4.79 Å². The minimum absolute atomic E-state index is 0.170. The summed E-state index contributed by atoms with van der Waals surface area (Å²) in [6.45, 7) is -0.170. The number of carbonyl (C=O) groups is 1. The Bertz CT molecular complexity index is 631. The molecule has 0 atom stereocenters. The number of rotatable bonds is 5. The van der Waals surface area contributed by atoms with Crippen molar-refractivity contribution in [2.45, 2.75) is 0 Å². The molecule has 4 nitrogen and oxygen atoms in total. The number of halogens is 2. The first kappa shape index (κ1) is 15.3. The van der Waals surface area contributed by atoms with Crippen LogP contribution in [0.25, 0.3) is 0 Å². The molecule has 0 fully saturated rings. The summed E-state index contributed by atoms with van der Waals surface area (Å²) in [7, 11) is 1.57. The van der Waals surface area contributed by atoms with Crippen molar-refractivity contribution >= 4 is 27.5 Å². The molecule has 0 aliphatic rings. The number of hydrogen-bond donors (Lipinski definition) is 1. The Morgan fingerprint density at radius 1 is 1.24 bits per heavy atom. The van der Waals surface area contributed by atoms with Crippen LogP contribution in [-0.2, 0) is 4.79 Å². The highest BCUT2D eigenvalue weighted by Gasteiger charge is 2.07. The summed E-state index contributed by atoms with van der Waals surface area (Å²) in [5, 5.41) is 2.69. The normalized spacial score (nSPS) is 10.0. The largest absolute Gasteiger partial charge is 0.497 e. The lowest BCUT2D eigenvalue weighted by atomic mass is 10.3. The molecule has 2 aromatic rings. The van der Waals surface area contributed by atoms with Gasteiger partial charge in [0.1, 0.15) is 17.3 Å². The number of ether oxygens (including phenoxy) is 2. The molecule has 0 aliphatic carbocycles. The highest BCUT2D eigenvalue weighted by Crippen LogP contribution is 2.25. The van der Waals surface area contributed by atoms with Crippen LogP contribution in [0.2, 0.25) is 0 Å². The predicted octanol–water partition coefficient (Wildman–Crippen LogP) is 3.61. The number of nitrogens with one attached hydrogen (secondary N) is 1. The second-order valence-corrected chi connectivity index (χ2v) is 4.99. The van der Waals surface area contributed by atoms with Gasteiger partial charge in [0.05, 0.1) is 11.6 Å². The van der Waals surface area contributed by atoms with Crippen molar-refractivity contribution in [2.24, 2.45) is 0 Å². The Morgan fingerprint density at radius 2 is 1.95 bits per heavy atom. The standard InChI is InChI=1S/C15H13BrFNO3/c1-20-12-5-3-11(4-6-12)18-15(19)9-21-14-7-2-10(17)8-13(14)16/h2-8H,9H2,1H3,(H,18,19). The quantitative estimate of drug-likeness (QED) is 0.892. The van der Waals surface area contributed by atoms with E-state index >= 15 is 0 Å². The van der Waals surface area contributed by atoms with E-state index < -0.39 is 0 Å². The van der Waals surface area contributed by atoms with E-state index in [1.54, 1.807) is 31.4 Å². The number of amides is 1. The monoisotopic (exact) mass is 353 g/mol. The van der Waals surface area contributed by atoms with Crippen LogP contribution in [-0.4, -0.2) is 19.6 Å². The lowest BCUT2D eigenvalue weighted by Gasteiger charge is -2.09. The van der Waals surface area contributed by atoms with E-state index in [0.29, 0.717) is 21.7 Å². The Kier molecular flexibility index (Phi) is 5.16. The first-order valence-corrected chi connectivity index (χ1v) is 6.89. The molecule has 0 aromatic heterocycles. The predicted molar refractivity (Wildman–Crippen MR) is 81.2 cm³/mol. The van der Waals surface area contributed by atoms with Crippen LogP contribution < -0.4 is 14.8 Å². The number of hydrogen-bond acceptors (Lipinski definition) is 3. The molecule has 110 valence electrons. The Hall–Kier alpha value is -2.08. The van der Waals surface area contributed by atoms with Crippen molar-refractivity contribution in [3.05, 3.63) is 52.8 Å². The molecule has 0 saturated carbocycles. The fourth-order valence-electron chi connectivity index (χ4n) is 1.61. The molecule has 0 unspecified atom stereocenters. The maximum atomic E-state index is 12.9. The summed E-state index contributed by atoms with van der Waals surface area (Å²) >= 11 is 3.17. The smallest absolute Gasteiger partial charge is 0.262 e. The van der Waals surface area contributed by atoms with Crippen molar-refractivity contribution in [1.82, 2.24) is 0 Å². The lowest BCUT2D eigenvalue weighted by molar-refractivity contribution is -0.118. The zero-order chi connectivity index (χ0) is 15.2. The Balaban J connectivity index is 1.89.